The van der Waals surface area contributed by atoms with Gasteiger partial charge in [-0.25, -0.2) is 0 Å². The van der Waals surface area contributed by atoms with E-state index in [1.165, 1.54) is 48.8 Å². The molecule has 0 unspecified atom stereocenters. The average molecular weight is 259 g/mol. The third kappa shape index (κ3) is 6.07. The summed E-state index contributed by atoms with van der Waals surface area (Å²) in [5.41, 5.74) is 9.95. The van der Waals surface area contributed by atoms with Crippen molar-refractivity contribution in [3.05, 3.63) is 41.5 Å². The van der Waals surface area contributed by atoms with Crippen molar-refractivity contribution in [2.45, 2.75) is 58.8 Å². The molecule has 0 aliphatic carbocycles. The molecule has 2 N–H and O–H groups in total. The second kappa shape index (κ2) is 9.80. The third-order valence-electron chi connectivity index (χ3n) is 3.45. The number of hydrogen-bond acceptors (Lipinski definition) is 1. The monoisotopic (exact) mass is 259 g/mol. The number of nitrogens with two attached hydrogens (primary N) is 1. The Morgan fingerprint density at radius 3 is 2.68 bits per heavy atom. The summed E-state index contributed by atoms with van der Waals surface area (Å²) >= 11 is 0. The molecule has 0 aliphatic heterocycles. The summed E-state index contributed by atoms with van der Waals surface area (Å²) in [6.45, 7) is 5.28. The molecule has 0 spiro atoms. The number of unbranched alkanes of at least 4 members (excludes halogenated alkanes) is 2. The summed E-state index contributed by atoms with van der Waals surface area (Å²) in [4.78, 5) is 0. The lowest BCUT2D eigenvalue weighted by molar-refractivity contribution is 0.818. The van der Waals surface area contributed by atoms with Gasteiger partial charge in [-0.2, -0.15) is 0 Å². The van der Waals surface area contributed by atoms with E-state index in [2.05, 4.69) is 44.2 Å². The van der Waals surface area contributed by atoms with Crippen molar-refractivity contribution in [1.29, 1.82) is 0 Å². The molecule has 19 heavy (non-hydrogen) atoms. The molecule has 106 valence electrons. The number of allylic oxidation sites excluding steroid dienone is 2. The zero-order valence-corrected chi connectivity index (χ0v) is 12.6. The Balaban J connectivity index is 2.82. The molecule has 1 nitrogen and oxygen atoms in total. The summed E-state index contributed by atoms with van der Waals surface area (Å²) in [5, 5.41) is 0. The zero-order valence-electron chi connectivity index (χ0n) is 12.6. The highest BCUT2D eigenvalue weighted by atomic mass is 14.5. The highest BCUT2D eigenvalue weighted by Crippen LogP contribution is 2.23. The van der Waals surface area contributed by atoms with Crippen molar-refractivity contribution < 1.29 is 0 Å². The third-order valence-corrected chi connectivity index (χ3v) is 3.45. The summed E-state index contributed by atoms with van der Waals surface area (Å²) in [6.07, 6.45) is 10.8. The van der Waals surface area contributed by atoms with Gasteiger partial charge in [-0.05, 0) is 55.3 Å². The van der Waals surface area contributed by atoms with E-state index in [-0.39, 0.29) is 0 Å². The molecule has 0 bridgehead atoms. The molecular formula is C18H29N. The van der Waals surface area contributed by atoms with E-state index < -0.39 is 0 Å². The summed E-state index contributed by atoms with van der Waals surface area (Å²) < 4.78 is 0. The molecule has 1 rings (SSSR count). The van der Waals surface area contributed by atoms with Crippen molar-refractivity contribution in [3.63, 3.8) is 0 Å². The Hall–Kier alpha value is -1.08. The lowest BCUT2D eigenvalue weighted by Crippen LogP contribution is -2.00. The van der Waals surface area contributed by atoms with E-state index in [0.717, 1.165) is 19.4 Å². The maximum Gasteiger partial charge on any atom is -0.00741 e. The van der Waals surface area contributed by atoms with Crippen molar-refractivity contribution in [3.8, 4) is 0 Å². The Labute approximate surface area is 118 Å². The van der Waals surface area contributed by atoms with Gasteiger partial charge in [-0.1, -0.05) is 57.0 Å². The van der Waals surface area contributed by atoms with E-state index in [0.29, 0.717) is 0 Å². The second-order valence-corrected chi connectivity index (χ2v) is 5.21. The molecule has 0 radical (unpaired) electrons. The van der Waals surface area contributed by atoms with Crippen LogP contribution in [0.1, 0.15) is 63.5 Å². The Morgan fingerprint density at radius 1 is 1.16 bits per heavy atom. The molecule has 0 saturated carbocycles. The minimum absolute atomic E-state index is 0.776. The fraction of sp³-hybridized carbons (Fsp3) is 0.556. The maximum absolute atomic E-state index is 5.59. The van der Waals surface area contributed by atoms with Gasteiger partial charge in [0.2, 0.25) is 0 Å². The normalized spacial score (nSPS) is 11.8. The first-order valence-corrected chi connectivity index (χ1v) is 7.80. The summed E-state index contributed by atoms with van der Waals surface area (Å²) in [7, 11) is 0. The van der Waals surface area contributed by atoms with Crippen LogP contribution in [0, 0.1) is 0 Å². The number of aryl methyl sites for hydroxylation is 1. The zero-order chi connectivity index (χ0) is 13.9. The lowest BCUT2D eigenvalue weighted by Gasteiger charge is -2.10. The van der Waals surface area contributed by atoms with E-state index in [1.807, 2.05) is 0 Å². The minimum atomic E-state index is 0.776. The summed E-state index contributed by atoms with van der Waals surface area (Å²) in [6, 6.07) is 9.01. The lowest BCUT2D eigenvalue weighted by atomic mass is 9.96. The van der Waals surface area contributed by atoms with Crippen LogP contribution in [0.15, 0.2) is 30.3 Å². The number of hydrogen-bond donors (Lipinski definition) is 1. The molecule has 0 fully saturated rings. The first-order chi connectivity index (χ1) is 9.31. The van der Waals surface area contributed by atoms with Gasteiger partial charge in [0.05, 0.1) is 0 Å². The van der Waals surface area contributed by atoms with Crippen LogP contribution in [0.3, 0.4) is 0 Å². The van der Waals surface area contributed by atoms with E-state index >= 15 is 0 Å². The van der Waals surface area contributed by atoms with Crippen LogP contribution in [0.5, 0.6) is 0 Å². The van der Waals surface area contributed by atoms with Gasteiger partial charge in [0.25, 0.3) is 0 Å². The smallest absolute Gasteiger partial charge is 0.00741 e. The Bertz CT molecular complexity index is 379. The number of benzene rings is 1. The topological polar surface area (TPSA) is 26.0 Å². The molecule has 0 atom stereocenters. The molecule has 0 heterocycles. The van der Waals surface area contributed by atoms with Gasteiger partial charge in [0, 0.05) is 0 Å². The fourth-order valence-electron chi connectivity index (χ4n) is 2.28. The van der Waals surface area contributed by atoms with Gasteiger partial charge in [0.15, 0.2) is 0 Å². The van der Waals surface area contributed by atoms with Gasteiger partial charge in [0.1, 0.15) is 0 Å². The largest absolute Gasteiger partial charge is 0.330 e. The molecule has 1 aromatic rings. The van der Waals surface area contributed by atoms with Gasteiger partial charge >= 0.3 is 0 Å². The Kier molecular flexibility index (Phi) is 8.24. The fourth-order valence-corrected chi connectivity index (χ4v) is 2.28. The van der Waals surface area contributed by atoms with Gasteiger partial charge in [-0.15, -0.1) is 0 Å². The van der Waals surface area contributed by atoms with Crippen molar-refractivity contribution >= 4 is 5.57 Å². The predicted octanol–water partition coefficient (Wildman–Crippen LogP) is 4.95. The molecule has 0 saturated heterocycles. The van der Waals surface area contributed by atoms with Crippen LogP contribution >= 0.6 is 0 Å². The van der Waals surface area contributed by atoms with E-state index in [4.69, 9.17) is 5.73 Å². The molecule has 1 heteroatoms. The minimum Gasteiger partial charge on any atom is -0.330 e. The number of rotatable bonds is 9. The van der Waals surface area contributed by atoms with Crippen molar-refractivity contribution in [2.24, 2.45) is 5.73 Å². The quantitative estimate of drug-likeness (QED) is 0.667. The SMILES string of the molecule is CCCC=C(CCCC)c1cccc(CCCN)c1. The molecular weight excluding hydrogens is 230 g/mol. The van der Waals surface area contributed by atoms with Crippen LogP contribution in [-0.4, -0.2) is 6.54 Å². The second-order valence-electron chi connectivity index (χ2n) is 5.21. The molecule has 1 aromatic carbocycles. The predicted molar refractivity (Wildman–Crippen MR) is 86.2 cm³/mol. The molecule has 0 aliphatic rings. The van der Waals surface area contributed by atoms with Crippen LogP contribution in [0.4, 0.5) is 0 Å². The molecule has 0 aromatic heterocycles. The van der Waals surface area contributed by atoms with Crippen LogP contribution in [0.2, 0.25) is 0 Å². The standard InChI is InChI=1S/C18H29N/c1-3-5-11-17(12-6-4-2)18-13-7-9-16(15-18)10-8-14-19/h7,9,11,13,15H,3-6,8,10,12,14,19H2,1-2H3. The van der Waals surface area contributed by atoms with Crippen LogP contribution in [-0.2, 0) is 6.42 Å². The Morgan fingerprint density at radius 2 is 2.00 bits per heavy atom. The van der Waals surface area contributed by atoms with Gasteiger partial charge in [-0.3, -0.25) is 0 Å². The van der Waals surface area contributed by atoms with Crippen molar-refractivity contribution in [1.82, 2.24) is 0 Å². The maximum atomic E-state index is 5.59. The molecule has 0 amide bonds. The van der Waals surface area contributed by atoms with Crippen LogP contribution < -0.4 is 5.73 Å². The van der Waals surface area contributed by atoms with E-state index in [1.54, 1.807) is 0 Å². The average Bonchev–Trinajstić information content (AvgIpc) is 2.45. The van der Waals surface area contributed by atoms with E-state index in [9.17, 15) is 0 Å². The van der Waals surface area contributed by atoms with Crippen molar-refractivity contribution in [2.75, 3.05) is 6.54 Å². The van der Waals surface area contributed by atoms with Gasteiger partial charge < -0.3 is 5.73 Å². The highest BCUT2D eigenvalue weighted by molar-refractivity contribution is 5.66. The first kappa shape index (κ1) is 16.0. The first-order valence-electron chi connectivity index (χ1n) is 7.80. The summed E-state index contributed by atoms with van der Waals surface area (Å²) in [5.74, 6) is 0. The van der Waals surface area contributed by atoms with Crippen LogP contribution in [0.25, 0.3) is 5.57 Å². The highest BCUT2D eigenvalue weighted by Gasteiger charge is 2.02.